The Labute approximate surface area is 132 Å². The van der Waals surface area contributed by atoms with Crippen LogP contribution < -0.4 is 0 Å². The third-order valence-electron chi connectivity index (χ3n) is 5.47. The zero-order valence-electron chi connectivity index (χ0n) is 13.8. The number of methoxy groups -OCH3 is 2. The van der Waals surface area contributed by atoms with Gasteiger partial charge in [0.2, 0.25) is 0 Å². The van der Waals surface area contributed by atoms with Gasteiger partial charge in [-0.15, -0.1) is 0 Å². The van der Waals surface area contributed by atoms with Crippen molar-refractivity contribution in [3.63, 3.8) is 0 Å². The Hall–Kier alpha value is -0.910. The van der Waals surface area contributed by atoms with Gasteiger partial charge in [-0.1, -0.05) is 18.6 Å². The van der Waals surface area contributed by atoms with E-state index < -0.39 is 5.41 Å². The zero-order chi connectivity index (χ0) is 16.2. The van der Waals surface area contributed by atoms with Crippen LogP contribution in [0.15, 0.2) is 12.2 Å². The van der Waals surface area contributed by atoms with Gasteiger partial charge in [-0.3, -0.25) is 4.79 Å². The normalized spacial score (nSPS) is 37.6. The van der Waals surface area contributed by atoms with Crippen LogP contribution in [0.1, 0.15) is 32.6 Å². The lowest BCUT2D eigenvalue weighted by Gasteiger charge is -2.50. The van der Waals surface area contributed by atoms with Gasteiger partial charge in [0.1, 0.15) is 6.79 Å². The molecule has 2 rings (SSSR count). The molecule has 0 heterocycles. The number of aliphatic hydroxyl groups is 1. The van der Waals surface area contributed by atoms with Gasteiger partial charge < -0.3 is 19.3 Å². The van der Waals surface area contributed by atoms with Crippen molar-refractivity contribution in [2.24, 2.45) is 23.2 Å². The average Bonchev–Trinajstić information content (AvgIpc) is 2.54. The van der Waals surface area contributed by atoms with E-state index in [0.717, 1.165) is 19.3 Å². The maximum atomic E-state index is 12.5. The minimum atomic E-state index is -0.605. The molecule has 0 aliphatic heterocycles. The highest BCUT2D eigenvalue weighted by atomic mass is 16.7. The lowest BCUT2D eigenvalue weighted by Crippen LogP contribution is -2.52. The summed E-state index contributed by atoms with van der Waals surface area (Å²) in [6.07, 6.45) is 7.90. The Bertz CT molecular complexity index is 408. The number of carbonyl (C=O) groups is 1. The van der Waals surface area contributed by atoms with Crippen LogP contribution in [0.2, 0.25) is 0 Å². The van der Waals surface area contributed by atoms with Gasteiger partial charge in [-0.25, -0.2) is 0 Å². The number of hydrogen-bond donors (Lipinski definition) is 1. The number of esters is 1. The zero-order valence-corrected chi connectivity index (χ0v) is 13.8. The number of fused-ring (bicyclic) bond motifs is 1. The standard InChI is InChI=1S/C17H28O5/c1-17(16(19)21-3)12(9-10-18)7-8-13-14(17)5-4-6-15(13)22-11-20-2/h7-8,12-15,18H,4-6,9-11H2,1-3H3/t12-,13-,14+,15-,17+/m0/s1. The molecule has 1 saturated carbocycles. The molecule has 0 amide bonds. The molecule has 0 bridgehead atoms. The maximum Gasteiger partial charge on any atom is 0.312 e. The van der Waals surface area contributed by atoms with Gasteiger partial charge in [-0.05, 0) is 38.0 Å². The van der Waals surface area contributed by atoms with Crippen LogP contribution in [0.4, 0.5) is 0 Å². The number of allylic oxidation sites excluding steroid dienone is 1. The van der Waals surface area contributed by atoms with Crippen molar-refractivity contribution in [1.29, 1.82) is 0 Å². The summed E-state index contributed by atoms with van der Waals surface area (Å²) >= 11 is 0. The fourth-order valence-electron chi connectivity index (χ4n) is 4.29. The first-order valence-electron chi connectivity index (χ1n) is 8.07. The molecule has 5 atom stereocenters. The first-order chi connectivity index (χ1) is 10.6. The molecule has 2 aliphatic carbocycles. The van der Waals surface area contributed by atoms with Gasteiger partial charge in [0.25, 0.3) is 0 Å². The highest BCUT2D eigenvalue weighted by Crippen LogP contribution is 2.52. The van der Waals surface area contributed by atoms with Gasteiger partial charge in [0.15, 0.2) is 0 Å². The third kappa shape index (κ3) is 3.07. The predicted octanol–water partition coefficient (Wildman–Crippen LogP) is 2.14. The topological polar surface area (TPSA) is 65.0 Å². The predicted molar refractivity (Wildman–Crippen MR) is 82.0 cm³/mol. The molecule has 5 heteroatoms. The molecular formula is C17H28O5. The van der Waals surface area contributed by atoms with E-state index in [9.17, 15) is 9.90 Å². The Kier molecular flexibility index (Phi) is 6.01. The molecule has 1 N–H and O–H groups in total. The Balaban J connectivity index is 2.29. The molecule has 0 radical (unpaired) electrons. The third-order valence-corrected chi connectivity index (χ3v) is 5.47. The minimum Gasteiger partial charge on any atom is -0.469 e. The van der Waals surface area contributed by atoms with E-state index in [0.29, 0.717) is 6.42 Å². The first kappa shape index (κ1) is 17.4. The van der Waals surface area contributed by atoms with Crippen molar-refractivity contribution in [3.8, 4) is 0 Å². The van der Waals surface area contributed by atoms with Crippen molar-refractivity contribution in [3.05, 3.63) is 12.2 Å². The molecule has 0 aromatic rings. The van der Waals surface area contributed by atoms with Gasteiger partial charge in [0.05, 0.1) is 18.6 Å². The monoisotopic (exact) mass is 312 g/mol. The summed E-state index contributed by atoms with van der Waals surface area (Å²) in [6.45, 7) is 2.33. The molecule has 0 spiro atoms. The molecule has 126 valence electrons. The Morgan fingerprint density at radius 1 is 1.32 bits per heavy atom. The van der Waals surface area contributed by atoms with E-state index in [-0.39, 0.29) is 43.2 Å². The van der Waals surface area contributed by atoms with Crippen molar-refractivity contribution in [2.45, 2.75) is 38.7 Å². The number of carbonyl (C=O) groups excluding carboxylic acids is 1. The van der Waals surface area contributed by atoms with Gasteiger partial charge in [-0.2, -0.15) is 0 Å². The molecular weight excluding hydrogens is 284 g/mol. The summed E-state index contributed by atoms with van der Waals surface area (Å²) < 4.78 is 16.0. The number of aliphatic hydroxyl groups excluding tert-OH is 1. The van der Waals surface area contributed by atoms with E-state index in [1.807, 2.05) is 6.92 Å². The smallest absolute Gasteiger partial charge is 0.312 e. The molecule has 1 fully saturated rings. The number of ether oxygens (including phenoxy) is 3. The molecule has 0 aromatic carbocycles. The molecule has 5 nitrogen and oxygen atoms in total. The van der Waals surface area contributed by atoms with Gasteiger partial charge in [0, 0.05) is 19.6 Å². The van der Waals surface area contributed by atoms with Crippen molar-refractivity contribution in [2.75, 3.05) is 27.6 Å². The molecule has 22 heavy (non-hydrogen) atoms. The van der Waals surface area contributed by atoms with E-state index in [2.05, 4.69) is 12.2 Å². The summed E-state index contributed by atoms with van der Waals surface area (Å²) in [5.74, 6) is 0.199. The van der Waals surface area contributed by atoms with Crippen LogP contribution in [0.5, 0.6) is 0 Å². The van der Waals surface area contributed by atoms with Crippen molar-refractivity contribution >= 4 is 5.97 Å². The highest BCUT2D eigenvalue weighted by molar-refractivity contribution is 5.78. The molecule has 0 aromatic heterocycles. The van der Waals surface area contributed by atoms with E-state index in [4.69, 9.17) is 14.2 Å². The molecule has 0 saturated heterocycles. The number of rotatable bonds is 6. The lowest BCUT2D eigenvalue weighted by molar-refractivity contribution is -0.168. The largest absolute Gasteiger partial charge is 0.469 e. The summed E-state index contributed by atoms with van der Waals surface area (Å²) in [5.41, 5.74) is -0.605. The SMILES string of the molecule is COCO[C@H]1CCC[C@@H]2[C@@H]1C=C[C@@H](CCO)[C@@]2(C)C(=O)OC. The second kappa shape index (κ2) is 7.57. The van der Waals surface area contributed by atoms with E-state index >= 15 is 0 Å². The summed E-state index contributed by atoms with van der Waals surface area (Å²) in [5, 5.41) is 9.34. The lowest BCUT2D eigenvalue weighted by atomic mass is 9.55. The van der Waals surface area contributed by atoms with Gasteiger partial charge >= 0.3 is 5.97 Å². The fraction of sp³-hybridized carbons (Fsp3) is 0.824. The Morgan fingerprint density at radius 2 is 2.09 bits per heavy atom. The number of hydrogen-bond acceptors (Lipinski definition) is 5. The molecule has 2 aliphatic rings. The Morgan fingerprint density at radius 3 is 2.73 bits per heavy atom. The van der Waals surface area contributed by atoms with E-state index in [1.165, 1.54) is 7.11 Å². The van der Waals surface area contributed by atoms with Crippen LogP contribution in [0.3, 0.4) is 0 Å². The van der Waals surface area contributed by atoms with Crippen LogP contribution >= 0.6 is 0 Å². The second-order valence-corrected chi connectivity index (χ2v) is 6.50. The average molecular weight is 312 g/mol. The highest BCUT2D eigenvalue weighted by Gasteiger charge is 2.54. The summed E-state index contributed by atoms with van der Waals surface area (Å²) in [6, 6.07) is 0. The van der Waals surface area contributed by atoms with E-state index in [1.54, 1.807) is 7.11 Å². The van der Waals surface area contributed by atoms with Crippen molar-refractivity contribution < 1.29 is 24.1 Å². The fourth-order valence-corrected chi connectivity index (χ4v) is 4.29. The van der Waals surface area contributed by atoms with Crippen LogP contribution in [0.25, 0.3) is 0 Å². The summed E-state index contributed by atoms with van der Waals surface area (Å²) in [4.78, 5) is 12.5. The maximum absolute atomic E-state index is 12.5. The summed E-state index contributed by atoms with van der Waals surface area (Å²) in [7, 11) is 3.06. The minimum absolute atomic E-state index is 0.00683. The van der Waals surface area contributed by atoms with Crippen LogP contribution in [-0.2, 0) is 19.0 Å². The van der Waals surface area contributed by atoms with Crippen LogP contribution in [-0.4, -0.2) is 44.8 Å². The first-order valence-corrected chi connectivity index (χ1v) is 8.07. The second-order valence-electron chi connectivity index (χ2n) is 6.50. The quantitative estimate of drug-likeness (QED) is 0.462. The molecule has 0 unspecified atom stereocenters. The van der Waals surface area contributed by atoms with Crippen molar-refractivity contribution in [1.82, 2.24) is 0 Å². The van der Waals surface area contributed by atoms with Crippen LogP contribution in [0, 0.1) is 23.2 Å².